The zero-order chi connectivity index (χ0) is 16.5. The highest BCUT2D eigenvalue weighted by Gasteiger charge is 2.06. The van der Waals surface area contributed by atoms with Gasteiger partial charge in [0.05, 0.1) is 17.7 Å². The number of hydrogen-bond donors (Lipinski definition) is 1. The molecule has 1 atom stereocenters. The van der Waals surface area contributed by atoms with Gasteiger partial charge in [-0.3, -0.25) is 0 Å². The summed E-state index contributed by atoms with van der Waals surface area (Å²) in [5, 5.41) is 17.4. The molecular formula is C18H18FN3. The lowest BCUT2D eigenvalue weighted by Gasteiger charge is -2.06. The minimum Gasteiger partial charge on any atom is -0.316 e. The van der Waals surface area contributed by atoms with Crippen molar-refractivity contribution < 1.29 is 4.39 Å². The van der Waals surface area contributed by atoms with Gasteiger partial charge >= 0.3 is 0 Å². The van der Waals surface area contributed by atoms with E-state index in [9.17, 15) is 4.39 Å². The van der Waals surface area contributed by atoms with Gasteiger partial charge in [0.15, 0.2) is 0 Å². The first-order valence-electron chi connectivity index (χ1n) is 7.08. The summed E-state index contributed by atoms with van der Waals surface area (Å²) < 4.78 is 13.6. The Morgan fingerprint density at radius 1 is 1.05 bits per heavy atom. The Balaban J connectivity index is 0.00000116. The molecule has 0 aliphatic carbocycles. The van der Waals surface area contributed by atoms with Crippen molar-refractivity contribution in [1.82, 2.24) is 0 Å². The van der Waals surface area contributed by atoms with Crippen LogP contribution in [0.1, 0.15) is 25.0 Å². The Morgan fingerprint density at radius 3 is 2.14 bits per heavy atom. The van der Waals surface area contributed by atoms with Crippen LogP contribution in [-0.4, -0.2) is 6.04 Å². The Labute approximate surface area is 130 Å². The Bertz CT molecular complexity index is 694. The highest BCUT2D eigenvalue weighted by atomic mass is 19.1. The lowest BCUT2D eigenvalue weighted by Crippen LogP contribution is -2.19. The summed E-state index contributed by atoms with van der Waals surface area (Å²) >= 11 is 0. The Kier molecular flexibility index (Phi) is 6.76. The van der Waals surface area contributed by atoms with E-state index >= 15 is 0 Å². The maximum absolute atomic E-state index is 13.6. The van der Waals surface area contributed by atoms with Gasteiger partial charge in [0, 0.05) is 6.42 Å². The summed E-state index contributed by atoms with van der Waals surface area (Å²) in [4.78, 5) is 0. The van der Waals surface area contributed by atoms with Crippen molar-refractivity contribution in [2.75, 3.05) is 0 Å². The van der Waals surface area contributed by atoms with Crippen molar-refractivity contribution >= 4 is 0 Å². The zero-order valence-corrected chi connectivity index (χ0v) is 12.7. The average Bonchev–Trinajstić information content (AvgIpc) is 2.57. The minimum absolute atomic E-state index is 0.0327. The SMILES string of the molecule is CC.N#Cc1ccc(-c2ccc(CC(N)C#N)cc2)cc1F. The fourth-order valence-corrected chi connectivity index (χ4v) is 1.92. The molecule has 0 amide bonds. The molecule has 0 heterocycles. The summed E-state index contributed by atoms with van der Waals surface area (Å²) in [5.74, 6) is -0.527. The molecule has 1 unspecified atom stereocenters. The van der Waals surface area contributed by atoms with E-state index in [4.69, 9.17) is 16.3 Å². The fraction of sp³-hybridized carbons (Fsp3) is 0.222. The summed E-state index contributed by atoms with van der Waals surface area (Å²) in [6, 6.07) is 15.2. The smallest absolute Gasteiger partial charge is 0.141 e. The van der Waals surface area contributed by atoms with Gasteiger partial charge < -0.3 is 5.73 Å². The largest absolute Gasteiger partial charge is 0.316 e. The number of nitrogens with two attached hydrogens (primary N) is 1. The third-order valence-corrected chi connectivity index (χ3v) is 3.00. The van der Waals surface area contributed by atoms with Gasteiger partial charge in [0.25, 0.3) is 0 Å². The summed E-state index contributed by atoms with van der Waals surface area (Å²) in [6.07, 6.45) is 0.485. The standard InChI is InChI=1S/C16H12FN3.C2H6/c17-16-8-13(5-6-14(16)9-18)12-3-1-11(2-4-12)7-15(20)10-19;1-2/h1-6,8,15H,7,20H2;1-2H3. The molecule has 0 saturated carbocycles. The molecule has 2 aromatic carbocycles. The molecule has 2 rings (SSSR count). The summed E-state index contributed by atoms with van der Waals surface area (Å²) in [7, 11) is 0. The minimum atomic E-state index is -0.527. The van der Waals surface area contributed by atoms with Crippen molar-refractivity contribution in [2.24, 2.45) is 5.73 Å². The van der Waals surface area contributed by atoms with Crippen LogP contribution < -0.4 is 5.73 Å². The van der Waals surface area contributed by atoms with Crippen LogP contribution in [0, 0.1) is 28.5 Å². The highest BCUT2D eigenvalue weighted by molar-refractivity contribution is 5.64. The molecule has 0 aromatic heterocycles. The topological polar surface area (TPSA) is 73.6 Å². The van der Waals surface area contributed by atoms with E-state index in [1.807, 2.05) is 44.2 Å². The van der Waals surface area contributed by atoms with E-state index in [1.165, 1.54) is 12.1 Å². The van der Waals surface area contributed by atoms with Crippen molar-refractivity contribution in [2.45, 2.75) is 26.3 Å². The van der Waals surface area contributed by atoms with Gasteiger partial charge in [-0.25, -0.2) is 4.39 Å². The second kappa shape index (κ2) is 8.56. The lowest BCUT2D eigenvalue weighted by atomic mass is 10.0. The first-order chi connectivity index (χ1) is 10.6. The van der Waals surface area contributed by atoms with Gasteiger partial charge in [-0.05, 0) is 28.8 Å². The average molecular weight is 295 g/mol. The van der Waals surface area contributed by atoms with E-state index in [0.29, 0.717) is 12.0 Å². The molecule has 3 nitrogen and oxygen atoms in total. The maximum atomic E-state index is 13.6. The summed E-state index contributed by atoms with van der Waals surface area (Å²) in [5.41, 5.74) is 8.11. The first-order valence-corrected chi connectivity index (χ1v) is 7.08. The number of hydrogen-bond acceptors (Lipinski definition) is 3. The number of benzene rings is 2. The molecule has 0 spiro atoms. The zero-order valence-electron chi connectivity index (χ0n) is 12.7. The third-order valence-electron chi connectivity index (χ3n) is 3.00. The molecule has 4 heteroatoms. The van der Waals surface area contributed by atoms with E-state index in [2.05, 4.69) is 0 Å². The Hall–Kier alpha value is -2.69. The fourth-order valence-electron chi connectivity index (χ4n) is 1.92. The highest BCUT2D eigenvalue weighted by Crippen LogP contribution is 2.22. The molecular weight excluding hydrogens is 277 g/mol. The van der Waals surface area contributed by atoms with Crippen LogP contribution in [-0.2, 0) is 6.42 Å². The van der Waals surface area contributed by atoms with Crippen LogP contribution in [0.5, 0.6) is 0 Å². The van der Waals surface area contributed by atoms with Gasteiger partial charge in [0.1, 0.15) is 11.9 Å². The van der Waals surface area contributed by atoms with Crippen molar-refractivity contribution in [3.05, 3.63) is 59.4 Å². The molecule has 0 aliphatic heterocycles. The maximum Gasteiger partial charge on any atom is 0.141 e. The molecule has 0 radical (unpaired) electrons. The number of rotatable bonds is 3. The quantitative estimate of drug-likeness (QED) is 0.936. The lowest BCUT2D eigenvalue weighted by molar-refractivity contribution is 0.624. The van der Waals surface area contributed by atoms with E-state index in [-0.39, 0.29) is 5.56 Å². The molecule has 0 bridgehead atoms. The van der Waals surface area contributed by atoms with Crippen molar-refractivity contribution in [3.63, 3.8) is 0 Å². The molecule has 0 fully saturated rings. The van der Waals surface area contributed by atoms with E-state index in [0.717, 1.165) is 11.1 Å². The van der Waals surface area contributed by atoms with Crippen LogP contribution in [0.4, 0.5) is 4.39 Å². The van der Waals surface area contributed by atoms with Crippen LogP contribution >= 0.6 is 0 Å². The molecule has 0 aliphatic rings. The number of nitrogens with zero attached hydrogens (tertiary/aromatic N) is 2. The van der Waals surface area contributed by atoms with Crippen LogP contribution in [0.25, 0.3) is 11.1 Å². The van der Waals surface area contributed by atoms with E-state index in [1.54, 1.807) is 12.1 Å². The number of nitriles is 2. The molecule has 22 heavy (non-hydrogen) atoms. The van der Waals surface area contributed by atoms with Crippen LogP contribution in [0.2, 0.25) is 0 Å². The molecule has 2 N–H and O–H groups in total. The third kappa shape index (κ3) is 4.41. The van der Waals surface area contributed by atoms with Crippen LogP contribution in [0.15, 0.2) is 42.5 Å². The van der Waals surface area contributed by atoms with E-state index < -0.39 is 11.9 Å². The normalized spacial score (nSPS) is 10.6. The van der Waals surface area contributed by atoms with Crippen molar-refractivity contribution in [1.29, 1.82) is 10.5 Å². The van der Waals surface area contributed by atoms with Crippen molar-refractivity contribution in [3.8, 4) is 23.3 Å². The number of halogens is 1. The van der Waals surface area contributed by atoms with Gasteiger partial charge in [-0.15, -0.1) is 0 Å². The van der Waals surface area contributed by atoms with Gasteiger partial charge in [-0.2, -0.15) is 10.5 Å². The predicted molar refractivity (Wildman–Crippen MR) is 85.2 cm³/mol. The van der Waals surface area contributed by atoms with Gasteiger partial charge in [-0.1, -0.05) is 44.2 Å². The second-order valence-electron chi connectivity index (χ2n) is 4.44. The predicted octanol–water partition coefficient (Wildman–Crippen LogP) is 3.78. The Morgan fingerprint density at radius 2 is 1.64 bits per heavy atom. The van der Waals surface area contributed by atoms with Gasteiger partial charge in [0.2, 0.25) is 0 Å². The molecule has 2 aromatic rings. The second-order valence-corrected chi connectivity index (χ2v) is 4.44. The van der Waals surface area contributed by atoms with Crippen LogP contribution in [0.3, 0.4) is 0 Å². The summed E-state index contributed by atoms with van der Waals surface area (Å²) in [6.45, 7) is 4.00. The monoisotopic (exact) mass is 295 g/mol. The molecule has 0 saturated heterocycles. The molecule has 112 valence electrons. The first kappa shape index (κ1) is 17.4.